The van der Waals surface area contributed by atoms with E-state index in [9.17, 15) is 27.6 Å². The summed E-state index contributed by atoms with van der Waals surface area (Å²) in [5, 5.41) is 3.52. The highest BCUT2D eigenvalue weighted by atomic mass is 19.1. The molecule has 2 amide bonds. The number of nitrogens with one attached hydrogen (secondary N) is 1. The fourth-order valence-corrected chi connectivity index (χ4v) is 7.81. The molecule has 2 aromatic rings. The van der Waals surface area contributed by atoms with Crippen LogP contribution in [0.5, 0.6) is 0 Å². The monoisotopic (exact) mass is 612 g/mol. The van der Waals surface area contributed by atoms with Crippen molar-refractivity contribution >= 4 is 34.4 Å². The number of anilines is 1. The number of esters is 1. The summed E-state index contributed by atoms with van der Waals surface area (Å²) in [6.07, 6.45) is 12.2. The summed E-state index contributed by atoms with van der Waals surface area (Å²) in [4.78, 5) is 42.2. The summed E-state index contributed by atoms with van der Waals surface area (Å²) >= 11 is 0. The molecule has 3 N–H and O–H groups in total. The van der Waals surface area contributed by atoms with Crippen molar-refractivity contribution in [1.29, 1.82) is 0 Å². The molecular formula is C33H39F3N4O4. The van der Waals surface area contributed by atoms with Crippen molar-refractivity contribution < 1.29 is 32.3 Å². The Morgan fingerprint density at radius 3 is 2.50 bits per heavy atom. The van der Waals surface area contributed by atoms with Gasteiger partial charge in [0.05, 0.1) is 5.52 Å². The third-order valence-electron chi connectivity index (χ3n) is 10.4. The van der Waals surface area contributed by atoms with Crippen LogP contribution in [-0.4, -0.2) is 65.9 Å². The van der Waals surface area contributed by atoms with Gasteiger partial charge >= 0.3 is 5.97 Å². The molecule has 8 nitrogen and oxygen atoms in total. The molecule has 236 valence electrons. The minimum absolute atomic E-state index is 0.0404. The number of likely N-dealkylation sites (tertiary alicyclic amines) is 1. The Morgan fingerprint density at radius 2 is 1.84 bits per heavy atom. The highest BCUT2D eigenvalue weighted by Crippen LogP contribution is 2.46. The van der Waals surface area contributed by atoms with E-state index in [-0.39, 0.29) is 40.7 Å². The number of ether oxygens (including phenoxy) is 1. The largest absolute Gasteiger partial charge is 0.428 e. The molecule has 3 heterocycles. The van der Waals surface area contributed by atoms with Gasteiger partial charge in [-0.3, -0.25) is 14.2 Å². The van der Waals surface area contributed by atoms with Crippen LogP contribution in [0.1, 0.15) is 55.9 Å². The first-order valence-corrected chi connectivity index (χ1v) is 15.4. The number of fused-ring (bicyclic) bond motifs is 3. The summed E-state index contributed by atoms with van der Waals surface area (Å²) in [6.45, 7) is -0.436. The van der Waals surface area contributed by atoms with Crippen molar-refractivity contribution in [3.05, 3.63) is 54.3 Å². The number of hydrogen-bond acceptors (Lipinski definition) is 5. The van der Waals surface area contributed by atoms with Crippen LogP contribution < -0.4 is 11.1 Å². The van der Waals surface area contributed by atoms with Crippen molar-refractivity contribution in [3.63, 3.8) is 0 Å². The van der Waals surface area contributed by atoms with Crippen molar-refractivity contribution in [1.82, 2.24) is 9.47 Å². The summed E-state index contributed by atoms with van der Waals surface area (Å²) in [5.74, 6) is -1.49. The number of nitrogens with two attached hydrogens (primary N) is 1. The van der Waals surface area contributed by atoms with E-state index in [2.05, 4.69) is 24.4 Å². The molecule has 1 saturated heterocycles. The third-order valence-corrected chi connectivity index (χ3v) is 10.4. The summed E-state index contributed by atoms with van der Waals surface area (Å²) in [6, 6.07) is 5.15. The summed E-state index contributed by atoms with van der Waals surface area (Å²) < 4.78 is 47.3. The summed E-state index contributed by atoms with van der Waals surface area (Å²) in [7, 11) is 0. The molecule has 1 aromatic heterocycles. The van der Waals surface area contributed by atoms with Gasteiger partial charge in [0, 0.05) is 29.6 Å². The molecule has 1 aromatic carbocycles. The van der Waals surface area contributed by atoms with Crippen molar-refractivity contribution in [3.8, 4) is 0 Å². The number of alkyl halides is 3. The quantitative estimate of drug-likeness (QED) is 0.400. The molecular weight excluding hydrogens is 573 g/mol. The summed E-state index contributed by atoms with van der Waals surface area (Å²) in [5.41, 5.74) is 4.46. The second-order valence-electron chi connectivity index (χ2n) is 13.0. The number of hydrogen-bond donors (Lipinski definition) is 2. The average Bonchev–Trinajstić information content (AvgIpc) is 3.73. The smallest absolute Gasteiger partial charge is 0.357 e. The number of benzene rings is 1. The molecule has 0 bridgehead atoms. The van der Waals surface area contributed by atoms with Gasteiger partial charge in [0.2, 0.25) is 17.5 Å². The molecule has 11 heteroatoms. The maximum Gasteiger partial charge on any atom is 0.357 e. The standard InChI is InChI=1S/C33H39F3N4O4/c1-32(12-3-2-4-13-32)24-11-14-39(30(42)21-7-5-20(6-8-21)25(37)17-34)28(24)29(41)38-23-9-10-26-22(15-23)16-27-31(43)44-33(18-35,19-36)40(26)27/h2-4,9-10,12,15-16,20-21,24-25,28H,5-8,11,13-14,17-19,37H2,1H3,(H,38,41)/t20-,21-,24-,25-,28+,32?/m1/s1. The molecule has 2 aliphatic heterocycles. The van der Waals surface area contributed by atoms with Crippen LogP contribution in [-0.2, 0) is 20.1 Å². The van der Waals surface area contributed by atoms with Gasteiger partial charge in [0.1, 0.15) is 18.4 Å². The molecule has 2 aliphatic carbocycles. The number of halogens is 3. The van der Waals surface area contributed by atoms with Crippen molar-refractivity contribution in [2.24, 2.45) is 28.9 Å². The Labute approximate surface area is 254 Å². The van der Waals surface area contributed by atoms with Crippen LogP contribution in [0.3, 0.4) is 0 Å². The van der Waals surface area contributed by atoms with Crippen LogP contribution in [0.25, 0.3) is 10.9 Å². The van der Waals surface area contributed by atoms with E-state index in [1.54, 1.807) is 23.1 Å². The van der Waals surface area contributed by atoms with E-state index < -0.39 is 43.8 Å². The molecule has 0 spiro atoms. The lowest BCUT2D eigenvalue weighted by Crippen LogP contribution is -2.51. The van der Waals surface area contributed by atoms with Crippen LogP contribution >= 0.6 is 0 Å². The first-order chi connectivity index (χ1) is 21.1. The molecule has 4 atom stereocenters. The number of rotatable bonds is 8. The Morgan fingerprint density at radius 1 is 1.09 bits per heavy atom. The maximum absolute atomic E-state index is 14.1. The Hall–Kier alpha value is -3.60. The number of allylic oxidation sites excluding steroid dienone is 4. The van der Waals surface area contributed by atoms with Crippen LogP contribution in [0.4, 0.5) is 18.9 Å². The van der Waals surface area contributed by atoms with Crippen LogP contribution in [0.15, 0.2) is 48.6 Å². The number of aromatic nitrogens is 1. The van der Waals surface area contributed by atoms with Gasteiger partial charge < -0.3 is 20.7 Å². The van der Waals surface area contributed by atoms with Crippen LogP contribution in [0.2, 0.25) is 0 Å². The van der Waals surface area contributed by atoms with E-state index in [1.165, 1.54) is 10.6 Å². The Kier molecular flexibility index (Phi) is 8.11. The van der Waals surface area contributed by atoms with Crippen molar-refractivity contribution in [2.45, 2.75) is 63.3 Å². The second-order valence-corrected chi connectivity index (χ2v) is 13.0. The molecule has 2 fully saturated rings. The molecule has 0 radical (unpaired) electrons. The maximum atomic E-state index is 14.1. The predicted molar refractivity (Wildman–Crippen MR) is 160 cm³/mol. The predicted octanol–water partition coefficient (Wildman–Crippen LogP) is 5.18. The number of nitrogens with zero attached hydrogens (tertiary/aromatic N) is 2. The minimum Gasteiger partial charge on any atom is -0.428 e. The highest BCUT2D eigenvalue weighted by Gasteiger charge is 2.51. The van der Waals surface area contributed by atoms with Crippen LogP contribution in [0, 0.1) is 23.2 Å². The topological polar surface area (TPSA) is 107 Å². The van der Waals surface area contributed by atoms with Gasteiger partial charge in [0.25, 0.3) is 0 Å². The third kappa shape index (κ3) is 5.02. The first kappa shape index (κ1) is 30.4. The van der Waals surface area contributed by atoms with E-state index in [4.69, 9.17) is 10.5 Å². The normalized spacial score (nSPS) is 29.9. The Balaban J connectivity index is 1.26. The van der Waals surface area contributed by atoms with Gasteiger partial charge in [0.15, 0.2) is 13.3 Å². The van der Waals surface area contributed by atoms with Gasteiger partial charge in [-0.2, -0.15) is 0 Å². The van der Waals surface area contributed by atoms with Gasteiger partial charge in [-0.05, 0) is 80.0 Å². The lowest BCUT2D eigenvalue weighted by molar-refractivity contribution is -0.142. The first-order valence-electron chi connectivity index (χ1n) is 15.4. The van der Waals surface area contributed by atoms with E-state index in [0.29, 0.717) is 55.2 Å². The molecule has 6 rings (SSSR count). The van der Waals surface area contributed by atoms with E-state index in [1.807, 2.05) is 12.2 Å². The van der Waals surface area contributed by atoms with Gasteiger partial charge in [-0.15, -0.1) is 0 Å². The SMILES string of the molecule is CC1([C@@H]2CCN(C(=O)[C@H]3CC[C@H]([C@H](N)CF)CC3)[C@@H]2C(=O)Nc2ccc3c(c2)cc2n3C(CF)(CF)OC2=O)C=CC=CC1. The lowest BCUT2D eigenvalue weighted by atomic mass is 9.69. The zero-order valence-corrected chi connectivity index (χ0v) is 24.8. The highest BCUT2D eigenvalue weighted by molar-refractivity contribution is 6.02. The van der Waals surface area contributed by atoms with Gasteiger partial charge in [-0.1, -0.05) is 31.2 Å². The number of carbonyl (C=O) groups excluding carboxylic acids is 3. The fraction of sp³-hybridized carbons (Fsp3) is 0.545. The molecule has 1 saturated carbocycles. The minimum atomic E-state index is -2.04. The fourth-order valence-electron chi connectivity index (χ4n) is 7.81. The molecule has 4 aliphatic rings. The number of carbonyl (C=O) groups is 3. The zero-order valence-electron chi connectivity index (χ0n) is 24.8. The number of cyclic esters (lactones) is 1. The lowest BCUT2D eigenvalue weighted by Gasteiger charge is -2.39. The average molecular weight is 613 g/mol. The Bertz CT molecular complexity index is 1510. The number of amides is 2. The molecule has 44 heavy (non-hydrogen) atoms. The van der Waals surface area contributed by atoms with Crippen molar-refractivity contribution in [2.75, 3.05) is 31.9 Å². The second kappa shape index (κ2) is 11.7. The molecule has 1 unspecified atom stereocenters. The van der Waals surface area contributed by atoms with E-state index >= 15 is 0 Å². The van der Waals surface area contributed by atoms with E-state index in [0.717, 1.165) is 6.42 Å². The zero-order chi connectivity index (χ0) is 31.2. The van der Waals surface area contributed by atoms with Gasteiger partial charge in [-0.25, -0.2) is 18.0 Å².